The molecule has 0 atom stereocenters. The molecule has 0 aliphatic heterocycles. The van der Waals surface area contributed by atoms with Crippen molar-refractivity contribution in [3.8, 4) is 11.6 Å². The van der Waals surface area contributed by atoms with E-state index >= 15 is 0 Å². The molecule has 3 rings (SSSR count). The van der Waals surface area contributed by atoms with Crippen LogP contribution >= 0.6 is 0 Å². The van der Waals surface area contributed by atoms with Gasteiger partial charge in [0, 0.05) is 11.8 Å². The Morgan fingerprint density at radius 3 is 2.32 bits per heavy atom. The zero-order valence-electron chi connectivity index (χ0n) is 13.8. The van der Waals surface area contributed by atoms with Crippen LogP contribution in [0.25, 0.3) is 0 Å². The number of nitrogens with one attached hydrogen (secondary N) is 1. The maximum Gasteiger partial charge on any atom is 0.261 e. The smallest absolute Gasteiger partial charge is 0.261 e. The van der Waals surface area contributed by atoms with Crippen molar-refractivity contribution in [3.63, 3.8) is 0 Å². The predicted octanol–water partition coefficient (Wildman–Crippen LogP) is 3.69. The standard InChI is InChI=1S/C18H17N3O3S/c1-13-4-3-5-17(12-13)25(22,23)21-15-7-9-16(10-8-15)24-18-11-6-14(2)19-20-18/h3-12,21H,1-2H3. The van der Waals surface area contributed by atoms with Crippen molar-refractivity contribution < 1.29 is 13.2 Å². The molecule has 0 radical (unpaired) electrons. The van der Waals surface area contributed by atoms with Gasteiger partial charge in [0.2, 0.25) is 5.88 Å². The van der Waals surface area contributed by atoms with E-state index in [1.54, 1.807) is 54.6 Å². The van der Waals surface area contributed by atoms with Gasteiger partial charge in [-0.15, -0.1) is 5.10 Å². The number of ether oxygens (including phenoxy) is 1. The number of anilines is 1. The Hall–Kier alpha value is -2.93. The molecular formula is C18H17N3O3S. The predicted molar refractivity (Wildman–Crippen MR) is 95.3 cm³/mol. The first-order valence-corrected chi connectivity index (χ1v) is 9.08. The van der Waals surface area contributed by atoms with Crippen molar-refractivity contribution >= 4 is 15.7 Å². The molecule has 0 aliphatic rings. The van der Waals surface area contributed by atoms with Gasteiger partial charge in [-0.2, -0.15) is 5.10 Å². The molecule has 0 fully saturated rings. The molecule has 2 aromatic carbocycles. The van der Waals surface area contributed by atoms with Crippen LogP contribution in [0.15, 0.2) is 65.6 Å². The first kappa shape index (κ1) is 16.9. The molecule has 7 heteroatoms. The normalized spacial score (nSPS) is 11.1. The van der Waals surface area contributed by atoms with Gasteiger partial charge in [0.05, 0.1) is 10.6 Å². The van der Waals surface area contributed by atoms with E-state index in [2.05, 4.69) is 14.9 Å². The quantitative estimate of drug-likeness (QED) is 0.755. The molecule has 0 saturated heterocycles. The van der Waals surface area contributed by atoms with E-state index in [1.807, 2.05) is 19.9 Å². The number of hydrogen-bond acceptors (Lipinski definition) is 5. The van der Waals surface area contributed by atoms with Gasteiger partial charge in [-0.25, -0.2) is 8.42 Å². The van der Waals surface area contributed by atoms with Crippen LogP contribution in [0.2, 0.25) is 0 Å². The zero-order chi connectivity index (χ0) is 17.9. The van der Waals surface area contributed by atoms with Gasteiger partial charge >= 0.3 is 0 Å². The Bertz CT molecular complexity index is 969. The topological polar surface area (TPSA) is 81.2 Å². The summed E-state index contributed by atoms with van der Waals surface area (Å²) in [4.78, 5) is 0.225. The Balaban J connectivity index is 1.73. The highest BCUT2D eigenvalue weighted by Gasteiger charge is 2.14. The van der Waals surface area contributed by atoms with Gasteiger partial charge in [0.1, 0.15) is 5.75 Å². The Kier molecular flexibility index (Phi) is 4.67. The first-order chi connectivity index (χ1) is 11.9. The molecule has 0 amide bonds. The van der Waals surface area contributed by atoms with Gasteiger partial charge in [-0.05, 0) is 61.9 Å². The van der Waals surface area contributed by atoms with Gasteiger partial charge in [0.25, 0.3) is 10.0 Å². The summed E-state index contributed by atoms with van der Waals surface area (Å²) < 4.78 is 32.9. The Morgan fingerprint density at radius 1 is 0.920 bits per heavy atom. The maximum atomic E-state index is 12.4. The minimum absolute atomic E-state index is 0.225. The summed E-state index contributed by atoms with van der Waals surface area (Å²) in [5.41, 5.74) is 2.13. The molecule has 0 unspecified atom stereocenters. The molecule has 0 bridgehead atoms. The van der Waals surface area contributed by atoms with Gasteiger partial charge in [-0.3, -0.25) is 4.72 Å². The molecule has 0 spiro atoms. The number of benzene rings is 2. The van der Waals surface area contributed by atoms with Crippen molar-refractivity contribution in [2.75, 3.05) is 4.72 Å². The second-order valence-electron chi connectivity index (χ2n) is 5.56. The third-order valence-corrected chi connectivity index (χ3v) is 4.78. The van der Waals surface area contributed by atoms with Crippen LogP contribution in [0, 0.1) is 13.8 Å². The van der Waals surface area contributed by atoms with Crippen LogP contribution < -0.4 is 9.46 Å². The molecule has 1 aromatic heterocycles. The average molecular weight is 355 g/mol. The molecule has 6 nitrogen and oxygen atoms in total. The SMILES string of the molecule is Cc1cccc(S(=O)(=O)Nc2ccc(Oc3ccc(C)nn3)cc2)c1. The third-order valence-electron chi connectivity index (χ3n) is 3.40. The minimum Gasteiger partial charge on any atom is -0.438 e. The summed E-state index contributed by atoms with van der Waals surface area (Å²) in [7, 11) is -3.63. The van der Waals surface area contributed by atoms with E-state index in [9.17, 15) is 8.42 Å². The van der Waals surface area contributed by atoms with Crippen molar-refractivity contribution in [1.82, 2.24) is 10.2 Å². The Labute approximate surface area is 146 Å². The lowest BCUT2D eigenvalue weighted by molar-refractivity contribution is 0.454. The fourth-order valence-electron chi connectivity index (χ4n) is 2.15. The van der Waals surface area contributed by atoms with E-state index in [4.69, 9.17) is 4.74 Å². The summed E-state index contributed by atoms with van der Waals surface area (Å²) in [5.74, 6) is 0.912. The number of nitrogens with zero attached hydrogens (tertiary/aromatic N) is 2. The van der Waals surface area contributed by atoms with Crippen LogP contribution in [-0.4, -0.2) is 18.6 Å². The van der Waals surface area contributed by atoms with Crippen LogP contribution in [0.1, 0.15) is 11.3 Å². The molecule has 0 aliphatic carbocycles. The second-order valence-corrected chi connectivity index (χ2v) is 7.24. The number of rotatable bonds is 5. The van der Waals surface area contributed by atoms with Crippen molar-refractivity contribution in [2.45, 2.75) is 18.7 Å². The average Bonchev–Trinajstić information content (AvgIpc) is 2.58. The highest BCUT2D eigenvalue weighted by Crippen LogP contribution is 2.23. The molecule has 128 valence electrons. The molecule has 3 aromatic rings. The van der Waals surface area contributed by atoms with Crippen molar-refractivity contribution in [2.24, 2.45) is 0 Å². The van der Waals surface area contributed by atoms with E-state index in [1.165, 1.54) is 0 Å². The monoisotopic (exact) mass is 355 g/mol. The highest BCUT2D eigenvalue weighted by atomic mass is 32.2. The molecule has 1 N–H and O–H groups in total. The lowest BCUT2D eigenvalue weighted by Gasteiger charge is -2.10. The maximum absolute atomic E-state index is 12.4. The lowest BCUT2D eigenvalue weighted by Crippen LogP contribution is -2.12. The van der Waals surface area contributed by atoms with Crippen LogP contribution in [0.5, 0.6) is 11.6 Å². The number of sulfonamides is 1. The van der Waals surface area contributed by atoms with E-state index < -0.39 is 10.0 Å². The fourth-order valence-corrected chi connectivity index (χ4v) is 3.31. The third kappa shape index (κ3) is 4.33. The largest absolute Gasteiger partial charge is 0.438 e. The Morgan fingerprint density at radius 2 is 1.68 bits per heavy atom. The van der Waals surface area contributed by atoms with Crippen LogP contribution in [0.3, 0.4) is 0 Å². The van der Waals surface area contributed by atoms with Crippen molar-refractivity contribution in [1.29, 1.82) is 0 Å². The first-order valence-electron chi connectivity index (χ1n) is 7.60. The van der Waals surface area contributed by atoms with Crippen LogP contribution in [-0.2, 0) is 10.0 Å². The molecular weight excluding hydrogens is 338 g/mol. The van der Waals surface area contributed by atoms with Crippen molar-refractivity contribution in [3.05, 3.63) is 71.9 Å². The second kappa shape index (κ2) is 6.90. The molecule has 0 saturated carbocycles. The summed E-state index contributed by atoms with van der Waals surface area (Å²) in [5, 5.41) is 7.83. The van der Waals surface area contributed by atoms with Gasteiger partial charge < -0.3 is 4.74 Å². The van der Waals surface area contributed by atoms with E-state index in [0.717, 1.165) is 11.3 Å². The van der Waals surface area contributed by atoms with Gasteiger partial charge in [0.15, 0.2) is 0 Å². The highest BCUT2D eigenvalue weighted by molar-refractivity contribution is 7.92. The summed E-state index contributed by atoms with van der Waals surface area (Å²) >= 11 is 0. The van der Waals surface area contributed by atoms with E-state index in [-0.39, 0.29) is 4.90 Å². The fraction of sp³-hybridized carbons (Fsp3) is 0.111. The summed E-state index contributed by atoms with van der Waals surface area (Å²) in [6.07, 6.45) is 0. The van der Waals surface area contributed by atoms with E-state index in [0.29, 0.717) is 17.3 Å². The molecule has 1 heterocycles. The number of hydrogen-bond donors (Lipinski definition) is 1. The minimum atomic E-state index is -3.63. The lowest BCUT2D eigenvalue weighted by atomic mass is 10.2. The van der Waals surface area contributed by atoms with Crippen LogP contribution in [0.4, 0.5) is 5.69 Å². The number of aryl methyl sites for hydroxylation is 2. The summed E-state index contributed by atoms with van der Waals surface area (Å²) in [6.45, 7) is 3.69. The van der Waals surface area contributed by atoms with Gasteiger partial charge in [-0.1, -0.05) is 12.1 Å². The summed E-state index contributed by atoms with van der Waals surface area (Å²) in [6, 6.07) is 16.8. The number of aromatic nitrogens is 2. The zero-order valence-corrected chi connectivity index (χ0v) is 14.6. The molecule has 25 heavy (non-hydrogen) atoms.